The Morgan fingerprint density at radius 2 is 1.67 bits per heavy atom. The average molecular weight is 538 g/mol. The number of hydrogen-bond donors (Lipinski definition) is 1. The molecule has 0 aromatic heterocycles. The quantitative estimate of drug-likeness (QED) is 0.264. The van der Waals surface area contributed by atoms with Gasteiger partial charge in [0, 0.05) is 21.7 Å². The Hall–Kier alpha value is -2.46. The number of halogens is 6. The van der Waals surface area contributed by atoms with Crippen molar-refractivity contribution < 1.29 is 26.4 Å². The molecule has 174 valence electrons. The van der Waals surface area contributed by atoms with Crippen molar-refractivity contribution >= 4 is 56.2 Å². The summed E-state index contributed by atoms with van der Waals surface area (Å²) in [4.78, 5) is 5.42. The van der Waals surface area contributed by atoms with Crippen LogP contribution in [0.2, 0.25) is 15.1 Å². The number of alkyl halides is 3. The van der Waals surface area contributed by atoms with Crippen molar-refractivity contribution in [2.45, 2.75) is 12.1 Å². The molecule has 0 amide bonds. The van der Waals surface area contributed by atoms with Gasteiger partial charge in [0.2, 0.25) is 0 Å². The summed E-state index contributed by atoms with van der Waals surface area (Å²) >= 11 is 18.2. The lowest BCUT2D eigenvalue weighted by molar-refractivity contribution is -0.0429. The van der Waals surface area contributed by atoms with E-state index in [1.54, 1.807) is 53.3 Å². The van der Waals surface area contributed by atoms with E-state index in [9.17, 15) is 21.6 Å². The summed E-state index contributed by atoms with van der Waals surface area (Å²) in [6.45, 7) is -0.111. The normalized spacial score (nSPS) is 12.5. The van der Waals surface area contributed by atoms with Crippen LogP contribution in [0.5, 0.6) is 0 Å². The van der Waals surface area contributed by atoms with Gasteiger partial charge in [0.1, 0.15) is 12.3 Å². The molecule has 0 saturated heterocycles. The maximum absolute atomic E-state index is 13.0. The van der Waals surface area contributed by atoms with E-state index in [2.05, 4.69) is 5.16 Å². The first-order valence-corrected chi connectivity index (χ1v) is 11.7. The van der Waals surface area contributed by atoms with Crippen LogP contribution in [-0.4, -0.2) is 19.6 Å². The van der Waals surface area contributed by atoms with Gasteiger partial charge in [-0.15, -0.1) is 0 Å². The van der Waals surface area contributed by atoms with E-state index in [1.807, 2.05) is 0 Å². The molecule has 0 saturated carbocycles. The second-order valence-electron chi connectivity index (χ2n) is 6.53. The van der Waals surface area contributed by atoms with Gasteiger partial charge in [-0.25, -0.2) is 0 Å². The molecule has 0 aliphatic carbocycles. The van der Waals surface area contributed by atoms with E-state index in [1.165, 1.54) is 12.1 Å². The molecule has 0 radical (unpaired) electrons. The van der Waals surface area contributed by atoms with Gasteiger partial charge in [-0.05, 0) is 24.3 Å². The zero-order valence-electron chi connectivity index (χ0n) is 16.4. The minimum absolute atomic E-state index is 0.0290. The van der Waals surface area contributed by atoms with E-state index < -0.39 is 15.5 Å². The molecule has 0 unspecified atom stereocenters. The van der Waals surface area contributed by atoms with Crippen LogP contribution < -0.4 is 4.72 Å². The first-order valence-electron chi connectivity index (χ1n) is 9.07. The maximum Gasteiger partial charge on any atom is 0.516 e. The Labute approximate surface area is 202 Å². The zero-order chi connectivity index (χ0) is 24.2. The fraction of sp³-hybridized carbons (Fsp3) is 0.0952. The van der Waals surface area contributed by atoms with Crippen molar-refractivity contribution in [2.24, 2.45) is 5.16 Å². The molecule has 5 nitrogen and oxygen atoms in total. The predicted molar refractivity (Wildman–Crippen MR) is 123 cm³/mol. The Bertz CT molecular complexity index is 1280. The fourth-order valence-corrected chi connectivity index (χ4v) is 3.81. The van der Waals surface area contributed by atoms with Crippen molar-refractivity contribution in [2.75, 3.05) is 4.72 Å². The van der Waals surface area contributed by atoms with Crippen molar-refractivity contribution in [1.82, 2.24) is 0 Å². The van der Waals surface area contributed by atoms with Crippen molar-refractivity contribution in [1.29, 1.82) is 0 Å². The molecular weight excluding hydrogens is 524 g/mol. The number of anilines is 1. The topological polar surface area (TPSA) is 67.8 Å². The Kier molecular flexibility index (Phi) is 7.79. The third-order valence-corrected chi connectivity index (χ3v) is 6.43. The highest BCUT2D eigenvalue weighted by molar-refractivity contribution is 7.93. The molecule has 0 aliphatic rings. The minimum atomic E-state index is -5.70. The molecule has 3 rings (SSSR count). The molecule has 3 aromatic rings. The van der Waals surface area contributed by atoms with Crippen LogP contribution in [0.4, 0.5) is 18.9 Å². The van der Waals surface area contributed by atoms with Gasteiger partial charge < -0.3 is 4.84 Å². The number of sulfonamides is 1. The zero-order valence-corrected chi connectivity index (χ0v) is 19.5. The van der Waals surface area contributed by atoms with Crippen molar-refractivity contribution in [3.63, 3.8) is 0 Å². The SMILES string of the molecule is O=S(=O)(Nc1ccc(Cl)cc1/C(=N/OCc1cccc(Cl)c1Cl)c1ccccc1)C(F)(F)F. The van der Waals surface area contributed by atoms with Gasteiger partial charge in [0.15, 0.2) is 0 Å². The lowest BCUT2D eigenvalue weighted by Crippen LogP contribution is -2.30. The molecule has 0 bridgehead atoms. The molecular formula is C21H14Cl3F3N2O3S. The van der Waals surface area contributed by atoms with E-state index in [0.29, 0.717) is 16.1 Å². The van der Waals surface area contributed by atoms with E-state index in [4.69, 9.17) is 39.6 Å². The minimum Gasteiger partial charge on any atom is -0.390 e. The van der Waals surface area contributed by atoms with Crippen LogP contribution >= 0.6 is 34.8 Å². The number of rotatable bonds is 7. The molecule has 0 atom stereocenters. The van der Waals surface area contributed by atoms with Crippen LogP contribution in [0.25, 0.3) is 0 Å². The van der Waals surface area contributed by atoms with Crippen LogP contribution in [0, 0.1) is 0 Å². The molecule has 0 spiro atoms. The number of nitrogens with one attached hydrogen (secondary N) is 1. The maximum atomic E-state index is 13.0. The summed E-state index contributed by atoms with van der Waals surface area (Å²) < 4.78 is 63.9. The third kappa shape index (κ3) is 6.11. The van der Waals surface area contributed by atoms with Gasteiger partial charge in [-0.3, -0.25) is 4.72 Å². The van der Waals surface area contributed by atoms with E-state index in [-0.39, 0.29) is 33.6 Å². The largest absolute Gasteiger partial charge is 0.516 e. The molecule has 0 fully saturated rings. The number of oxime groups is 1. The highest BCUT2D eigenvalue weighted by Crippen LogP contribution is 2.30. The van der Waals surface area contributed by atoms with Gasteiger partial charge in [0.05, 0.1) is 15.7 Å². The lowest BCUT2D eigenvalue weighted by atomic mass is 10.0. The molecule has 0 heterocycles. The smallest absolute Gasteiger partial charge is 0.390 e. The second-order valence-corrected chi connectivity index (χ2v) is 9.43. The summed E-state index contributed by atoms with van der Waals surface area (Å²) in [7, 11) is -5.70. The predicted octanol–water partition coefficient (Wildman–Crippen LogP) is 6.88. The molecule has 1 N–H and O–H groups in total. The standard InChI is InChI=1S/C21H14Cl3F3N2O3S/c22-15-9-10-18(29-33(30,31)21(25,26)27)16(11-15)20(13-5-2-1-3-6-13)28-32-12-14-7-4-8-17(23)19(14)24/h1-11,29H,12H2/b28-20+. The Morgan fingerprint density at radius 1 is 0.970 bits per heavy atom. The van der Waals surface area contributed by atoms with Crippen LogP contribution in [0.1, 0.15) is 16.7 Å². The third-order valence-electron chi connectivity index (χ3n) is 4.24. The molecule has 12 heteroatoms. The van der Waals surface area contributed by atoms with Crippen LogP contribution in [0.15, 0.2) is 71.9 Å². The summed E-state index contributed by atoms with van der Waals surface area (Å²) in [5, 5.41) is 4.77. The number of hydrogen-bond acceptors (Lipinski definition) is 4. The van der Waals surface area contributed by atoms with Crippen molar-refractivity contribution in [3.8, 4) is 0 Å². The molecule has 3 aromatic carbocycles. The Morgan fingerprint density at radius 3 is 2.33 bits per heavy atom. The van der Waals surface area contributed by atoms with Gasteiger partial charge in [0.25, 0.3) is 0 Å². The fourth-order valence-electron chi connectivity index (χ4n) is 2.68. The van der Waals surface area contributed by atoms with E-state index in [0.717, 1.165) is 6.07 Å². The highest BCUT2D eigenvalue weighted by Gasteiger charge is 2.46. The molecule has 33 heavy (non-hydrogen) atoms. The summed E-state index contributed by atoms with van der Waals surface area (Å²) in [5.74, 6) is 0. The Balaban J connectivity index is 2.06. The highest BCUT2D eigenvalue weighted by atomic mass is 35.5. The van der Waals surface area contributed by atoms with Gasteiger partial charge >= 0.3 is 15.5 Å². The first-order chi connectivity index (χ1) is 15.5. The number of benzene rings is 3. The van der Waals surface area contributed by atoms with Gasteiger partial charge in [-0.2, -0.15) is 21.6 Å². The second kappa shape index (κ2) is 10.2. The number of nitrogens with zero attached hydrogens (tertiary/aromatic N) is 1. The van der Waals surface area contributed by atoms with E-state index >= 15 is 0 Å². The van der Waals surface area contributed by atoms with Crippen LogP contribution in [0.3, 0.4) is 0 Å². The summed E-state index contributed by atoms with van der Waals surface area (Å²) in [6, 6.07) is 16.8. The monoisotopic (exact) mass is 536 g/mol. The molecule has 0 aliphatic heterocycles. The van der Waals surface area contributed by atoms with Gasteiger partial charge in [-0.1, -0.05) is 82.4 Å². The van der Waals surface area contributed by atoms with Crippen molar-refractivity contribution in [3.05, 3.63) is 98.5 Å². The van der Waals surface area contributed by atoms with Crippen LogP contribution in [-0.2, 0) is 21.5 Å². The first kappa shape index (κ1) is 25.2. The lowest BCUT2D eigenvalue weighted by Gasteiger charge is -2.16. The summed E-state index contributed by atoms with van der Waals surface area (Å²) in [5.41, 5.74) is -4.94. The average Bonchev–Trinajstić information content (AvgIpc) is 2.75. The summed E-state index contributed by atoms with van der Waals surface area (Å²) in [6.07, 6.45) is 0.